The van der Waals surface area contributed by atoms with E-state index in [0.29, 0.717) is 23.5 Å². The minimum absolute atomic E-state index is 0. The van der Waals surface area contributed by atoms with E-state index in [4.69, 9.17) is 5.41 Å². The molecule has 1 saturated heterocycles. The number of benzene rings is 2. The van der Waals surface area contributed by atoms with Crippen LogP contribution < -0.4 is 5.32 Å². The Kier molecular flexibility index (Phi) is 9.98. The Morgan fingerprint density at radius 1 is 1.00 bits per heavy atom. The molecule has 3 rings (SSSR count). The molecule has 7 heteroatoms. The lowest BCUT2D eigenvalue weighted by Gasteiger charge is -2.28. The van der Waals surface area contributed by atoms with E-state index in [0.717, 1.165) is 29.5 Å². The second-order valence-electron chi connectivity index (χ2n) is 12.3. The minimum atomic E-state index is -0.321. The molecule has 1 aliphatic rings. The molecule has 208 valence electrons. The van der Waals surface area contributed by atoms with Crippen LogP contribution in [-0.2, 0) is 10.8 Å². The summed E-state index contributed by atoms with van der Waals surface area (Å²) in [5.41, 5.74) is 3.05. The molecule has 0 radical (unpaired) electrons. The minimum Gasteiger partial charge on any atom is -0.507 e. The standard InChI is InChI=1S/C31H43N3O3.BrH/c1-9-10-21-17-34(28(32)26(21)19-11-13-20(14-12-19)29(37)33-8)18-25(35)22-15-23(30(2,3)4)27(36)24(16-22)31(5,6)7;/h11-16,21,26,32,36H,9-10,17-18H2,1-8H3,(H,33,37);1H/t21-,26?;/m0./s1. The number of hydrogen-bond acceptors (Lipinski definition) is 4. The van der Waals surface area contributed by atoms with Crippen molar-refractivity contribution in [3.8, 4) is 5.75 Å². The number of phenols is 1. The summed E-state index contributed by atoms with van der Waals surface area (Å²) in [6.07, 6.45) is 1.95. The second-order valence-corrected chi connectivity index (χ2v) is 12.3. The predicted molar refractivity (Wildman–Crippen MR) is 160 cm³/mol. The molecule has 2 aromatic carbocycles. The number of likely N-dealkylation sites (tertiary alicyclic amines) is 1. The number of carbonyl (C=O) groups is 2. The van der Waals surface area contributed by atoms with Gasteiger partial charge in [0.2, 0.25) is 0 Å². The van der Waals surface area contributed by atoms with Crippen LogP contribution in [0.5, 0.6) is 5.75 Å². The Labute approximate surface area is 238 Å². The van der Waals surface area contributed by atoms with E-state index >= 15 is 0 Å². The van der Waals surface area contributed by atoms with Crippen molar-refractivity contribution >= 4 is 34.5 Å². The van der Waals surface area contributed by atoms with Crippen molar-refractivity contribution in [3.63, 3.8) is 0 Å². The largest absolute Gasteiger partial charge is 0.507 e. The quantitative estimate of drug-likeness (QED) is 0.319. The molecule has 3 N–H and O–H groups in total. The summed E-state index contributed by atoms with van der Waals surface area (Å²) in [6, 6.07) is 11.1. The third kappa shape index (κ3) is 6.66. The number of Topliss-reactive ketones (excluding diaryl/α,β-unsaturated/α-hetero) is 1. The van der Waals surface area contributed by atoms with Gasteiger partial charge < -0.3 is 15.3 Å². The SMILES string of the molecule is Br.CCC[C@H]1CN(CC(=O)c2cc(C(C)(C)C)c(O)c(C(C)(C)C)c2)C(=N)C1c1ccc(C(=O)NC)cc1. The van der Waals surface area contributed by atoms with Gasteiger partial charge >= 0.3 is 0 Å². The fourth-order valence-corrected chi connectivity index (χ4v) is 5.30. The summed E-state index contributed by atoms with van der Waals surface area (Å²) < 4.78 is 0. The fourth-order valence-electron chi connectivity index (χ4n) is 5.30. The number of halogens is 1. The van der Waals surface area contributed by atoms with Gasteiger partial charge in [0.25, 0.3) is 5.91 Å². The molecular formula is C31H44BrN3O3. The normalized spacial score (nSPS) is 17.8. The van der Waals surface area contributed by atoms with Crippen molar-refractivity contribution < 1.29 is 14.7 Å². The molecular weight excluding hydrogens is 542 g/mol. The van der Waals surface area contributed by atoms with Crippen LogP contribution in [0.25, 0.3) is 0 Å². The Hall–Kier alpha value is -2.67. The summed E-state index contributed by atoms with van der Waals surface area (Å²) in [7, 11) is 1.61. The van der Waals surface area contributed by atoms with Crippen molar-refractivity contribution in [3.05, 3.63) is 64.2 Å². The van der Waals surface area contributed by atoms with Crippen molar-refractivity contribution in [1.82, 2.24) is 10.2 Å². The highest BCUT2D eigenvalue weighted by molar-refractivity contribution is 8.93. The van der Waals surface area contributed by atoms with Crippen molar-refractivity contribution in [2.24, 2.45) is 5.92 Å². The number of phenolic OH excluding ortho intramolecular Hbond substituents is 1. The lowest BCUT2D eigenvalue weighted by Crippen LogP contribution is -2.32. The number of carbonyl (C=O) groups excluding carboxylic acids is 2. The van der Waals surface area contributed by atoms with Crippen LogP contribution in [-0.4, -0.2) is 47.7 Å². The molecule has 1 unspecified atom stereocenters. The fraction of sp³-hybridized carbons (Fsp3) is 0.516. The van der Waals surface area contributed by atoms with Gasteiger partial charge in [-0.15, -0.1) is 17.0 Å². The Bertz CT molecular complexity index is 1140. The van der Waals surface area contributed by atoms with Crippen molar-refractivity contribution in [2.75, 3.05) is 20.1 Å². The van der Waals surface area contributed by atoms with Crippen LogP contribution in [0.3, 0.4) is 0 Å². The van der Waals surface area contributed by atoms with E-state index in [1.165, 1.54) is 0 Å². The molecule has 1 amide bonds. The molecule has 0 spiro atoms. The number of ketones is 1. The van der Waals surface area contributed by atoms with Crippen LogP contribution in [0.15, 0.2) is 36.4 Å². The van der Waals surface area contributed by atoms with Gasteiger partial charge in [0.05, 0.1) is 6.54 Å². The summed E-state index contributed by atoms with van der Waals surface area (Å²) in [5.74, 6) is 0.641. The first-order chi connectivity index (χ1) is 17.2. The molecule has 0 bridgehead atoms. The molecule has 0 aliphatic carbocycles. The summed E-state index contributed by atoms with van der Waals surface area (Å²) in [5, 5.41) is 22.7. The monoisotopic (exact) mass is 585 g/mol. The maximum absolute atomic E-state index is 13.6. The van der Waals surface area contributed by atoms with Gasteiger partial charge in [-0.25, -0.2) is 0 Å². The maximum atomic E-state index is 13.6. The van der Waals surface area contributed by atoms with Gasteiger partial charge in [0.15, 0.2) is 5.78 Å². The van der Waals surface area contributed by atoms with Crippen LogP contribution in [0.1, 0.15) is 105 Å². The predicted octanol–water partition coefficient (Wildman–Crippen LogP) is 6.60. The zero-order valence-corrected chi connectivity index (χ0v) is 25.8. The highest BCUT2D eigenvalue weighted by atomic mass is 79.9. The second kappa shape index (κ2) is 12.0. The molecule has 1 aliphatic heterocycles. The lowest BCUT2D eigenvalue weighted by molar-refractivity contribution is 0.0955. The third-order valence-electron chi connectivity index (χ3n) is 7.36. The first-order valence-corrected chi connectivity index (χ1v) is 13.3. The summed E-state index contributed by atoms with van der Waals surface area (Å²) >= 11 is 0. The molecule has 2 atom stereocenters. The van der Waals surface area contributed by atoms with E-state index in [1.54, 1.807) is 19.2 Å². The van der Waals surface area contributed by atoms with E-state index in [1.807, 2.05) is 70.7 Å². The topological polar surface area (TPSA) is 93.5 Å². The highest BCUT2D eigenvalue weighted by Crippen LogP contribution is 2.41. The first-order valence-electron chi connectivity index (χ1n) is 13.3. The average molecular weight is 587 g/mol. The van der Waals surface area contributed by atoms with Gasteiger partial charge in [0.1, 0.15) is 11.6 Å². The third-order valence-corrected chi connectivity index (χ3v) is 7.36. The molecule has 2 aromatic rings. The number of nitrogens with one attached hydrogen (secondary N) is 2. The van der Waals surface area contributed by atoms with Gasteiger partial charge in [-0.3, -0.25) is 15.0 Å². The van der Waals surface area contributed by atoms with E-state index in [-0.39, 0.29) is 63.6 Å². The van der Waals surface area contributed by atoms with Gasteiger partial charge in [0, 0.05) is 41.8 Å². The zero-order valence-electron chi connectivity index (χ0n) is 24.1. The Morgan fingerprint density at radius 3 is 1.97 bits per heavy atom. The van der Waals surface area contributed by atoms with Crippen LogP contribution in [0, 0.1) is 11.3 Å². The van der Waals surface area contributed by atoms with Gasteiger partial charge in [-0.05, 0) is 53.0 Å². The van der Waals surface area contributed by atoms with Crippen molar-refractivity contribution in [1.29, 1.82) is 5.41 Å². The van der Waals surface area contributed by atoms with Crippen molar-refractivity contribution in [2.45, 2.75) is 78.1 Å². The Balaban J connectivity index is 0.00000507. The van der Waals surface area contributed by atoms with E-state index < -0.39 is 0 Å². The number of hydrogen-bond donors (Lipinski definition) is 3. The summed E-state index contributed by atoms with van der Waals surface area (Å²) in [6.45, 7) is 15.1. The average Bonchev–Trinajstić information content (AvgIpc) is 3.11. The number of aromatic hydroxyl groups is 1. The van der Waals surface area contributed by atoms with Gasteiger partial charge in [-0.2, -0.15) is 0 Å². The van der Waals surface area contributed by atoms with E-state index in [2.05, 4.69) is 12.2 Å². The smallest absolute Gasteiger partial charge is 0.251 e. The number of amides is 1. The number of nitrogens with zero attached hydrogens (tertiary/aromatic N) is 1. The van der Waals surface area contributed by atoms with Crippen LogP contribution in [0.2, 0.25) is 0 Å². The number of amidine groups is 1. The maximum Gasteiger partial charge on any atom is 0.251 e. The van der Waals surface area contributed by atoms with Crippen LogP contribution >= 0.6 is 17.0 Å². The highest BCUT2D eigenvalue weighted by Gasteiger charge is 2.39. The molecule has 1 heterocycles. The lowest BCUT2D eigenvalue weighted by atomic mass is 9.78. The molecule has 1 fully saturated rings. The van der Waals surface area contributed by atoms with Gasteiger partial charge in [-0.1, -0.05) is 67.0 Å². The molecule has 38 heavy (non-hydrogen) atoms. The van der Waals surface area contributed by atoms with E-state index in [9.17, 15) is 14.7 Å². The summed E-state index contributed by atoms with van der Waals surface area (Å²) in [4.78, 5) is 27.5. The molecule has 0 aromatic heterocycles. The Morgan fingerprint density at radius 2 is 1.53 bits per heavy atom. The van der Waals surface area contributed by atoms with Crippen LogP contribution in [0.4, 0.5) is 0 Å². The zero-order chi connectivity index (χ0) is 27.7. The first kappa shape index (κ1) is 31.5. The number of rotatable bonds is 7. The molecule has 0 saturated carbocycles. The molecule has 6 nitrogen and oxygen atoms in total.